The molecule has 4 aliphatic rings. The second kappa shape index (κ2) is 8.33. The van der Waals surface area contributed by atoms with Crippen LogP contribution in [0.15, 0.2) is 36.4 Å². The molecular weight excluding hydrogens is 449 g/mol. The molecule has 8 heteroatoms. The first-order valence-electron chi connectivity index (χ1n) is 12.4. The third-order valence-corrected chi connectivity index (χ3v) is 9.11. The van der Waals surface area contributed by atoms with Gasteiger partial charge >= 0.3 is 0 Å². The molecule has 2 N–H and O–H groups in total. The number of nitrogens with zero attached hydrogens (tertiary/aromatic N) is 3. The van der Waals surface area contributed by atoms with Gasteiger partial charge in [0.2, 0.25) is 0 Å². The number of alkyl halides is 1. The number of benzene rings is 1. The molecule has 2 saturated carbocycles. The molecule has 1 spiro atoms. The number of halogens is 1. The molecule has 34 heavy (non-hydrogen) atoms. The standard InChI is InChI=1S/C26H32FN5OS/c1-25(7-8-25)34-30-19-5-6-20(21(15-19)31-13-11-26(9-10-26)12-14-31)24(33)29-22-3-2-4-23(28-22)32-16-18(27)17-32/h2-6,15,18,30H,7-14,16-17H2,1H3,(H,28,29,33). The number of pyridine rings is 1. The second-order valence-electron chi connectivity index (χ2n) is 10.7. The van der Waals surface area contributed by atoms with E-state index >= 15 is 0 Å². The molecule has 2 aliphatic heterocycles. The van der Waals surface area contributed by atoms with Crippen LogP contribution in [-0.2, 0) is 0 Å². The Balaban J connectivity index is 1.21. The average Bonchev–Trinajstić information content (AvgIpc) is 3.75. The highest BCUT2D eigenvalue weighted by Gasteiger charge is 2.44. The maximum absolute atomic E-state index is 13.4. The van der Waals surface area contributed by atoms with Gasteiger partial charge in [-0.05, 0) is 93.1 Å². The number of hydrogen-bond donors (Lipinski definition) is 2. The number of anilines is 4. The third kappa shape index (κ3) is 4.57. The van der Waals surface area contributed by atoms with Crippen molar-refractivity contribution in [1.82, 2.24) is 4.98 Å². The summed E-state index contributed by atoms with van der Waals surface area (Å²) in [5, 5.41) is 2.98. The van der Waals surface area contributed by atoms with Crippen LogP contribution < -0.4 is 19.8 Å². The van der Waals surface area contributed by atoms with Gasteiger partial charge in [0.15, 0.2) is 0 Å². The van der Waals surface area contributed by atoms with E-state index in [0.29, 0.717) is 40.5 Å². The maximum Gasteiger partial charge on any atom is 0.258 e. The van der Waals surface area contributed by atoms with Crippen LogP contribution in [0.25, 0.3) is 0 Å². The first-order chi connectivity index (χ1) is 16.4. The minimum Gasteiger partial charge on any atom is -0.371 e. The molecule has 0 radical (unpaired) electrons. The Hall–Kier alpha value is -2.48. The molecule has 6 nitrogen and oxygen atoms in total. The fourth-order valence-corrected chi connectivity index (χ4v) is 5.67. The molecule has 0 bridgehead atoms. The fraction of sp³-hybridized carbons (Fsp3) is 0.538. The molecule has 3 heterocycles. The zero-order chi connectivity index (χ0) is 23.3. The van der Waals surface area contributed by atoms with Crippen molar-refractivity contribution >= 4 is 40.9 Å². The highest BCUT2D eigenvalue weighted by Crippen LogP contribution is 2.54. The van der Waals surface area contributed by atoms with E-state index in [1.165, 1.54) is 38.5 Å². The van der Waals surface area contributed by atoms with Crippen molar-refractivity contribution in [2.75, 3.05) is 46.0 Å². The highest BCUT2D eigenvalue weighted by molar-refractivity contribution is 8.02. The van der Waals surface area contributed by atoms with Gasteiger partial charge in [-0.2, -0.15) is 0 Å². The lowest BCUT2D eigenvalue weighted by atomic mass is 9.93. The molecular formula is C26H32FN5OS. The maximum atomic E-state index is 13.4. The van der Waals surface area contributed by atoms with Crippen molar-refractivity contribution in [3.05, 3.63) is 42.0 Å². The summed E-state index contributed by atoms with van der Waals surface area (Å²) >= 11 is 1.78. The van der Waals surface area contributed by atoms with Crippen molar-refractivity contribution in [2.24, 2.45) is 5.41 Å². The molecule has 2 aromatic rings. The first kappa shape index (κ1) is 22.0. The molecule has 1 aromatic heterocycles. The molecule has 0 atom stereocenters. The van der Waals surface area contributed by atoms with Gasteiger partial charge in [0.1, 0.15) is 17.8 Å². The van der Waals surface area contributed by atoms with Crippen LogP contribution in [0.4, 0.5) is 27.4 Å². The minimum absolute atomic E-state index is 0.160. The van der Waals surface area contributed by atoms with Gasteiger partial charge in [-0.3, -0.25) is 4.79 Å². The smallest absolute Gasteiger partial charge is 0.258 e. The lowest BCUT2D eigenvalue weighted by Crippen LogP contribution is -2.48. The molecule has 6 rings (SSSR count). The van der Waals surface area contributed by atoms with E-state index in [2.05, 4.69) is 32.9 Å². The molecule has 0 unspecified atom stereocenters. The summed E-state index contributed by atoms with van der Waals surface area (Å²) < 4.78 is 17.1. The van der Waals surface area contributed by atoms with Crippen LogP contribution in [0.5, 0.6) is 0 Å². The number of nitrogens with one attached hydrogen (secondary N) is 2. The summed E-state index contributed by atoms with van der Waals surface area (Å²) in [5.41, 5.74) is 3.26. The van der Waals surface area contributed by atoms with Crippen LogP contribution in [0.1, 0.15) is 55.8 Å². The number of piperidine rings is 1. The van der Waals surface area contributed by atoms with Gasteiger partial charge < -0.3 is 19.8 Å². The van der Waals surface area contributed by atoms with Crippen molar-refractivity contribution in [3.63, 3.8) is 0 Å². The van der Waals surface area contributed by atoms with Crippen LogP contribution in [0, 0.1) is 5.41 Å². The lowest BCUT2D eigenvalue weighted by molar-refractivity contribution is 0.102. The summed E-state index contributed by atoms with van der Waals surface area (Å²) in [5.74, 6) is 1.03. The predicted octanol–water partition coefficient (Wildman–Crippen LogP) is 5.49. The number of carbonyl (C=O) groups excluding carboxylic acids is 1. The molecule has 1 amide bonds. The fourth-order valence-electron chi connectivity index (χ4n) is 4.87. The van der Waals surface area contributed by atoms with E-state index in [9.17, 15) is 9.18 Å². The van der Waals surface area contributed by atoms with Gasteiger partial charge in [0, 0.05) is 23.5 Å². The van der Waals surface area contributed by atoms with Crippen molar-refractivity contribution < 1.29 is 9.18 Å². The van der Waals surface area contributed by atoms with Crippen LogP contribution in [0.2, 0.25) is 0 Å². The largest absolute Gasteiger partial charge is 0.371 e. The summed E-state index contributed by atoms with van der Waals surface area (Å²) in [6, 6.07) is 11.5. The van der Waals surface area contributed by atoms with E-state index in [-0.39, 0.29) is 5.91 Å². The Morgan fingerprint density at radius 2 is 1.82 bits per heavy atom. The predicted molar refractivity (Wildman–Crippen MR) is 138 cm³/mol. The van der Waals surface area contributed by atoms with Crippen molar-refractivity contribution in [2.45, 2.75) is 56.4 Å². The minimum atomic E-state index is -0.797. The first-order valence-corrected chi connectivity index (χ1v) is 13.2. The number of aromatic nitrogens is 1. The molecule has 1 aromatic carbocycles. The van der Waals surface area contributed by atoms with Gasteiger partial charge in [0.05, 0.1) is 24.3 Å². The average molecular weight is 482 g/mol. The van der Waals surface area contributed by atoms with E-state index < -0.39 is 6.17 Å². The SMILES string of the molecule is CC1(SNc2ccc(C(=O)Nc3cccc(N4CC(F)C4)n3)c(N3CCC4(CC3)CC4)c2)CC1. The van der Waals surface area contributed by atoms with Crippen LogP contribution >= 0.6 is 11.9 Å². The summed E-state index contributed by atoms with van der Waals surface area (Å²) in [6.45, 7) is 4.97. The van der Waals surface area contributed by atoms with Gasteiger partial charge in [-0.1, -0.05) is 6.07 Å². The summed E-state index contributed by atoms with van der Waals surface area (Å²) in [7, 11) is 0. The van der Waals surface area contributed by atoms with Gasteiger partial charge in [-0.15, -0.1) is 0 Å². The lowest BCUT2D eigenvalue weighted by Gasteiger charge is -2.35. The van der Waals surface area contributed by atoms with E-state index in [1.54, 1.807) is 18.0 Å². The van der Waals surface area contributed by atoms with E-state index in [0.717, 1.165) is 24.5 Å². The Morgan fingerprint density at radius 3 is 2.50 bits per heavy atom. The van der Waals surface area contributed by atoms with Crippen molar-refractivity contribution in [3.8, 4) is 0 Å². The van der Waals surface area contributed by atoms with Crippen molar-refractivity contribution in [1.29, 1.82) is 0 Å². The molecule has 2 aliphatic carbocycles. The van der Waals surface area contributed by atoms with Crippen LogP contribution in [0.3, 0.4) is 0 Å². The zero-order valence-corrected chi connectivity index (χ0v) is 20.5. The Morgan fingerprint density at radius 1 is 1.06 bits per heavy atom. The topological polar surface area (TPSA) is 60.5 Å². The second-order valence-corrected chi connectivity index (χ2v) is 12.1. The molecule has 4 fully saturated rings. The quantitative estimate of drug-likeness (QED) is 0.511. The molecule has 180 valence electrons. The summed E-state index contributed by atoms with van der Waals surface area (Å²) in [6.07, 6.45) is 6.79. The zero-order valence-electron chi connectivity index (χ0n) is 19.6. The monoisotopic (exact) mass is 481 g/mol. The number of hydrogen-bond acceptors (Lipinski definition) is 6. The number of carbonyl (C=O) groups is 1. The Bertz CT molecular complexity index is 1090. The Labute approximate surface area is 204 Å². The van der Waals surface area contributed by atoms with Gasteiger partial charge in [0.25, 0.3) is 5.91 Å². The Kier molecular flexibility index (Phi) is 5.39. The molecule has 2 saturated heterocycles. The third-order valence-electron chi connectivity index (χ3n) is 7.87. The van der Waals surface area contributed by atoms with E-state index in [1.807, 2.05) is 29.2 Å². The van der Waals surface area contributed by atoms with Crippen LogP contribution in [-0.4, -0.2) is 48.0 Å². The van der Waals surface area contributed by atoms with E-state index in [4.69, 9.17) is 0 Å². The normalized spacial score (nSPS) is 22.3. The van der Waals surface area contributed by atoms with Gasteiger partial charge in [-0.25, -0.2) is 9.37 Å². The summed E-state index contributed by atoms with van der Waals surface area (Å²) in [4.78, 5) is 22.2. The number of amides is 1. The highest BCUT2D eigenvalue weighted by atomic mass is 32.2. The number of rotatable bonds is 7.